The third-order valence-electron chi connectivity index (χ3n) is 2.76. The topological polar surface area (TPSA) is 68.5 Å². The number of hydrogen-bond donors (Lipinski definition) is 1. The summed E-state index contributed by atoms with van der Waals surface area (Å²) in [6.07, 6.45) is 3.19. The number of nitrogens with one attached hydrogen (secondary N) is 1. The quantitative estimate of drug-likeness (QED) is 0.853. The van der Waals surface area contributed by atoms with Gasteiger partial charge in [-0.15, -0.1) is 0 Å². The Morgan fingerprint density at radius 1 is 1.32 bits per heavy atom. The average Bonchev–Trinajstić information content (AvgIpc) is 2.97. The molecule has 1 aliphatic rings. The van der Waals surface area contributed by atoms with Crippen LogP contribution in [-0.4, -0.2) is 18.3 Å². The van der Waals surface area contributed by atoms with Crippen LogP contribution in [0.4, 0.5) is 4.79 Å². The fraction of sp³-hybridized carbons (Fsp3) is 0.0769. The van der Waals surface area contributed by atoms with Crippen LogP contribution in [0, 0.1) is 0 Å². The minimum absolute atomic E-state index is 0.355. The van der Waals surface area contributed by atoms with Gasteiger partial charge in [-0.3, -0.25) is 14.9 Å². The molecule has 1 saturated heterocycles. The molecule has 96 valence electrons. The molecule has 2 heterocycles. The number of methoxy groups -OCH3 is 1. The molecule has 1 aromatic heterocycles. The van der Waals surface area contributed by atoms with Crippen molar-refractivity contribution in [2.75, 3.05) is 7.11 Å². The van der Waals surface area contributed by atoms with Gasteiger partial charge >= 0.3 is 0 Å². The van der Waals surface area contributed by atoms with Gasteiger partial charge in [0.05, 0.1) is 23.7 Å². The lowest BCUT2D eigenvalue weighted by molar-refractivity contribution is -0.115. The Hall–Kier alpha value is -2.21. The molecular weight excluding hydrogens is 266 g/mol. The summed E-state index contributed by atoms with van der Waals surface area (Å²) in [6, 6.07) is 5.38. The molecule has 1 aliphatic heterocycles. The maximum absolute atomic E-state index is 11.5. The summed E-state index contributed by atoms with van der Waals surface area (Å²) in [5, 5.41) is 2.68. The molecule has 0 saturated carbocycles. The van der Waals surface area contributed by atoms with Crippen molar-refractivity contribution in [3.8, 4) is 5.75 Å². The fourth-order valence-corrected chi connectivity index (χ4v) is 2.58. The van der Waals surface area contributed by atoms with Crippen molar-refractivity contribution < 1.29 is 18.7 Å². The highest BCUT2D eigenvalue weighted by atomic mass is 32.2. The van der Waals surface area contributed by atoms with Gasteiger partial charge in [0.25, 0.3) is 11.1 Å². The van der Waals surface area contributed by atoms with Crippen molar-refractivity contribution >= 4 is 40.0 Å². The Morgan fingerprint density at radius 3 is 2.84 bits per heavy atom. The van der Waals surface area contributed by atoms with E-state index in [2.05, 4.69) is 5.32 Å². The van der Waals surface area contributed by atoms with Crippen molar-refractivity contribution in [3.63, 3.8) is 0 Å². The molecule has 2 aromatic rings. The van der Waals surface area contributed by atoms with E-state index < -0.39 is 0 Å². The summed E-state index contributed by atoms with van der Waals surface area (Å²) in [6.45, 7) is 0. The van der Waals surface area contributed by atoms with E-state index in [9.17, 15) is 9.59 Å². The minimum Gasteiger partial charge on any atom is -0.496 e. The lowest BCUT2D eigenvalue weighted by atomic mass is 10.1. The lowest BCUT2D eigenvalue weighted by Crippen LogP contribution is -2.17. The number of imide groups is 1. The van der Waals surface area contributed by atoms with E-state index in [1.807, 2.05) is 0 Å². The van der Waals surface area contributed by atoms with Gasteiger partial charge in [0, 0.05) is 5.56 Å². The summed E-state index contributed by atoms with van der Waals surface area (Å²) >= 11 is 0.878. The molecule has 0 radical (unpaired) electrons. The van der Waals surface area contributed by atoms with Crippen LogP contribution in [0.1, 0.15) is 5.56 Å². The number of benzene rings is 1. The zero-order valence-corrected chi connectivity index (χ0v) is 10.7. The van der Waals surface area contributed by atoms with Gasteiger partial charge in [-0.2, -0.15) is 0 Å². The largest absolute Gasteiger partial charge is 0.496 e. The first-order valence-electron chi connectivity index (χ1n) is 5.48. The van der Waals surface area contributed by atoms with Crippen molar-refractivity contribution in [2.24, 2.45) is 0 Å². The number of rotatable bonds is 2. The Bertz CT molecular complexity index is 717. The molecule has 1 fully saturated rings. The second-order valence-corrected chi connectivity index (χ2v) is 4.89. The number of thioether (sulfide) groups is 1. The standard InChI is InChI=1S/C13H9NO4S/c1-17-9-3-2-7(11-8(9)4-5-18-11)6-10-12(15)14-13(16)19-10/h2-6H,1H3,(H,14,15,16). The number of furan rings is 1. The van der Waals surface area contributed by atoms with Crippen molar-refractivity contribution in [2.45, 2.75) is 0 Å². The maximum atomic E-state index is 11.5. The van der Waals surface area contributed by atoms with Crippen LogP contribution in [0.5, 0.6) is 5.75 Å². The van der Waals surface area contributed by atoms with E-state index in [-0.39, 0.29) is 11.1 Å². The summed E-state index contributed by atoms with van der Waals surface area (Å²) in [5.74, 6) is 0.316. The monoisotopic (exact) mass is 275 g/mol. The Labute approximate surface area is 112 Å². The van der Waals surface area contributed by atoms with Gasteiger partial charge in [0.1, 0.15) is 11.3 Å². The summed E-state index contributed by atoms with van der Waals surface area (Å²) in [4.78, 5) is 23.0. The highest BCUT2D eigenvalue weighted by Crippen LogP contribution is 2.33. The van der Waals surface area contributed by atoms with E-state index in [4.69, 9.17) is 9.15 Å². The van der Waals surface area contributed by atoms with Crippen molar-refractivity contribution in [1.29, 1.82) is 0 Å². The first-order chi connectivity index (χ1) is 9.19. The van der Waals surface area contributed by atoms with Crippen LogP contribution < -0.4 is 10.1 Å². The lowest BCUT2D eigenvalue weighted by Gasteiger charge is -2.03. The number of carbonyl (C=O) groups excluding carboxylic acids is 2. The van der Waals surface area contributed by atoms with Crippen molar-refractivity contribution in [1.82, 2.24) is 5.32 Å². The number of amides is 2. The van der Waals surface area contributed by atoms with Gasteiger partial charge in [-0.1, -0.05) is 0 Å². The van der Waals surface area contributed by atoms with Crippen LogP contribution in [0.15, 0.2) is 33.8 Å². The van der Waals surface area contributed by atoms with E-state index in [0.717, 1.165) is 22.7 Å². The van der Waals surface area contributed by atoms with Gasteiger partial charge in [0.2, 0.25) is 0 Å². The molecule has 0 bridgehead atoms. The van der Waals surface area contributed by atoms with Crippen molar-refractivity contribution in [3.05, 3.63) is 34.9 Å². The first-order valence-corrected chi connectivity index (χ1v) is 6.30. The maximum Gasteiger partial charge on any atom is 0.290 e. The molecule has 1 N–H and O–H groups in total. The van der Waals surface area contributed by atoms with E-state index in [1.165, 1.54) is 0 Å². The smallest absolute Gasteiger partial charge is 0.290 e. The van der Waals surface area contributed by atoms with Gasteiger partial charge in [-0.25, -0.2) is 0 Å². The SMILES string of the molecule is COc1ccc(C=C2SC(=O)NC2=O)c2occc12. The van der Waals surface area contributed by atoms with Gasteiger partial charge in [0.15, 0.2) is 0 Å². The molecule has 0 aliphatic carbocycles. The molecule has 1 aromatic carbocycles. The van der Waals surface area contributed by atoms with E-state index in [0.29, 0.717) is 16.2 Å². The molecule has 19 heavy (non-hydrogen) atoms. The van der Waals surface area contributed by atoms with Crippen LogP contribution >= 0.6 is 11.8 Å². The molecule has 2 amide bonds. The summed E-state index contributed by atoms with van der Waals surface area (Å²) < 4.78 is 10.6. The summed E-state index contributed by atoms with van der Waals surface area (Å²) in [5.41, 5.74) is 1.35. The van der Waals surface area contributed by atoms with E-state index >= 15 is 0 Å². The third kappa shape index (κ3) is 2.00. The zero-order chi connectivity index (χ0) is 13.4. The Kier molecular flexibility index (Phi) is 2.79. The normalized spacial score (nSPS) is 17.2. The van der Waals surface area contributed by atoms with Gasteiger partial charge < -0.3 is 9.15 Å². The van der Waals surface area contributed by atoms with Crippen LogP contribution in [0.2, 0.25) is 0 Å². The second-order valence-electron chi connectivity index (χ2n) is 3.87. The minimum atomic E-state index is -0.384. The van der Waals surface area contributed by atoms with Crippen LogP contribution in [0.3, 0.4) is 0 Å². The first kappa shape index (κ1) is 11.9. The second kappa shape index (κ2) is 4.47. The number of ether oxygens (including phenoxy) is 1. The zero-order valence-electron chi connectivity index (χ0n) is 9.93. The Balaban J connectivity index is 2.12. The molecule has 0 atom stereocenters. The molecular formula is C13H9NO4S. The number of hydrogen-bond acceptors (Lipinski definition) is 5. The number of fused-ring (bicyclic) bond motifs is 1. The molecule has 6 heteroatoms. The van der Waals surface area contributed by atoms with Crippen LogP contribution in [-0.2, 0) is 4.79 Å². The van der Waals surface area contributed by atoms with E-state index in [1.54, 1.807) is 37.6 Å². The fourth-order valence-electron chi connectivity index (χ4n) is 1.91. The number of carbonyl (C=O) groups is 2. The average molecular weight is 275 g/mol. The predicted molar refractivity (Wildman–Crippen MR) is 71.9 cm³/mol. The highest BCUT2D eigenvalue weighted by Gasteiger charge is 2.25. The third-order valence-corrected chi connectivity index (χ3v) is 3.57. The summed E-state index contributed by atoms with van der Waals surface area (Å²) in [7, 11) is 1.58. The molecule has 3 rings (SSSR count). The highest BCUT2D eigenvalue weighted by molar-refractivity contribution is 8.18. The predicted octanol–water partition coefficient (Wildman–Crippen LogP) is 2.77. The molecule has 5 nitrogen and oxygen atoms in total. The molecule has 0 unspecified atom stereocenters. The van der Waals surface area contributed by atoms with Crippen LogP contribution in [0.25, 0.3) is 17.0 Å². The molecule has 0 spiro atoms. The van der Waals surface area contributed by atoms with Gasteiger partial charge in [-0.05, 0) is 36.0 Å². The Morgan fingerprint density at radius 2 is 2.16 bits per heavy atom.